The normalized spacial score (nSPS) is 12.0. The maximum atomic E-state index is 12.6. The van der Waals surface area contributed by atoms with Crippen LogP contribution in [0.4, 0.5) is 0 Å². The molecule has 0 amide bonds. The topological polar surface area (TPSA) is 95.8 Å². The lowest BCUT2D eigenvalue weighted by atomic mass is 10.1. The second kappa shape index (κ2) is 8.67. The summed E-state index contributed by atoms with van der Waals surface area (Å²) in [5.74, 6) is 0.561. The van der Waals surface area contributed by atoms with Gasteiger partial charge in [-0.05, 0) is 79.9 Å². The van der Waals surface area contributed by atoms with E-state index >= 15 is 0 Å². The van der Waals surface area contributed by atoms with Crippen LogP contribution in [-0.2, 0) is 10.1 Å². The monoisotopic (exact) mass is 557 g/mol. The summed E-state index contributed by atoms with van der Waals surface area (Å²) in [5, 5.41) is 9.63. The Hall–Kier alpha value is -2.93. The van der Waals surface area contributed by atoms with Gasteiger partial charge in [0.1, 0.15) is 16.8 Å². The number of nitriles is 1. The van der Waals surface area contributed by atoms with Crippen molar-refractivity contribution in [1.29, 1.82) is 5.26 Å². The Kier molecular flexibility index (Phi) is 5.96. The van der Waals surface area contributed by atoms with Crippen LogP contribution in [0.15, 0.2) is 80.6 Å². The van der Waals surface area contributed by atoms with Crippen LogP contribution in [0.25, 0.3) is 22.7 Å². The number of nitrogens with zero attached hydrogens (tertiary/aromatic N) is 2. The molecule has 3 aromatic carbocycles. The third-order valence-electron chi connectivity index (χ3n) is 4.32. The third-order valence-corrected chi connectivity index (χ3v) is 6.74. The molecule has 6 nitrogen and oxygen atoms in total. The molecular weight excluding hydrogens is 546 g/mol. The number of hydrogen-bond donors (Lipinski definition) is 1. The summed E-state index contributed by atoms with van der Waals surface area (Å²) in [5.41, 5.74) is 2.58. The van der Waals surface area contributed by atoms with Crippen molar-refractivity contribution < 1.29 is 12.6 Å². The first-order valence-corrected chi connectivity index (χ1v) is 11.9. The molecule has 9 heteroatoms. The highest BCUT2D eigenvalue weighted by Gasteiger charge is 2.20. The highest BCUT2D eigenvalue weighted by Crippen LogP contribution is 2.37. The average Bonchev–Trinajstić information content (AvgIpc) is 3.19. The lowest BCUT2D eigenvalue weighted by Gasteiger charge is -2.11. The Balaban J connectivity index is 1.68. The molecule has 154 valence electrons. The number of aromatic amines is 1. The number of benzene rings is 3. The minimum Gasteiger partial charge on any atom is -0.377 e. The summed E-state index contributed by atoms with van der Waals surface area (Å²) in [4.78, 5) is 7.63. The van der Waals surface area contributed by atoms with E-state index in [1.165, 1.54) is 12.1 Å². The number of para-hydroxylation sites is 2. The predicted molar refractivity (Wildman–Crippen MR) is 126 cm³/mol. The van der Waals surface area contributed by atoms with E-state index in [1.54, 1.807) is 36.4 Å². The summed E-state index contributed by atoms with van der Waals surface area (Å²) < 4.78 is 31.3. The molecule has 31 heavy (non-hydrogen) atoms. The minimum absolute atomic E-state index is 0.0504. The molecule has 0 radical (unpaired) electrons. The number of allylic oxidation sites excluding steroid dienone is 1. The number of aromatic nitrogens is 2. The molecule has 0 atom stereocenters. The van der Waals surface area contributed by atoms with Crippen LogP contribution in [0.3, 0.4) is 0 Å². The zero-order valence-electron chi connectivity index (χ0n) is 15.7. The number of H-pyrrole nitrogens is 1. The summed E-state index contributed by atoms with van der Waals surface area (Å²) in [7, 11) is -4.00. The largest absolute Gasteiger partial charge is 0.377 e. The van der Waals surface area contributed by atoms with Crippen LogP contribution in [0.1, 0.15) is 11.4 Å². The highest BCUT2D eigenvalue weighted by molar-refractivity contribution is 9.11. The molecule has 4 rings (SSSR count). The summed E-state index contributed by atoms with van der Waals surface area (Å²) >= 11 is 6.73. The highest BCUT2D eigenvalue weighted by atomic mass is 79.9. The zero-order chi connectivity index (χ0) is 22.0. The zero-order valence-corrected chi connectivity index (χ0v) is 19.7. The van der Waals surface area contributed by atoms with E-state index in [1.807, 2.05) is 24.3 Å². The average molecular weight is 559 g/mol. The van der Waals surface area contributed by atoms with Gasteiger partial charge in [0.25, 0.3) is 0 Å². The van der Waals surface area contributed by atoms with Crippen LogP contribution in [0.5, 0.6) is 5.75 Å². The summed E-state index contributed by atoms with van der Waals surface area (Å²) in [6.07, 6.45) is 1.66. The van der Waals surface area contributed by atoms with Crippen molar-refractivity contribution in [3.05, 3.63) is 87.1 Å². The number of halogens is 2. The van der Waals surface area contributed by atoms with Crippen molar-refractivity contribution in [3.8, 4) is 11.8 Å². The molecule has 0 aliphatic heterocycles. The maximum Gasteiger partial charge on any atom is 0.339 e. The van der Waals surface area contributed by atoms with Gasteiger partial charge in [-0.1, -0.05) is 30.3 Å². The van der Waals surface area contributed by atoms with E-state index in [9.17, 15) is 13.7 Å². The van der Waals surface area contributed by atoms with Gasteiger partial charge in [-0.2, -0.15) is 13.7 Å². The van der Waals surface area contributed by atoms with Gasteiger partial charge < -0.3 is 9.17 Å². The second-order valence-electron chi connectivity index (χ2n) is 6.44. The molecule has 0 saturated carbocycles. The van der Waals surface area contributed by atoms with Gasteiger partial charge in [-0.25, -0.2) is 4.98 Å². The van der Waals surface area contributed by atoms with E-state index in [2.05, 4.69) is 47.9 Å². The fraction of sp³-hybridized carbons (Fsp3) is 0. The molecule has 0 fully saturated rings. The minimum atomic E-state index is -4.00. The smallest absolute Gasteiger partial charge is 0.339 e. The van der Waals surface area contributed by atoms with Crippen molar-refractivity contribution in [3.63, 3.8) is 0 Å². The van der Waals surface area contributed by atoms with Gasteiger partial charge in [0.05, 0.1) is 25.6 Å². The first-order chi connectivity index (χ1) is 14.9. The molecule has 0 bridgehead atoms. The fourth-order valence-corrected chi connectivity index (χ4v) is 5.47. The molecule has 4 aromatic rings. The van der Waals surface area contributed by atoms with E-state index in [0.29, 0.717) is 25.9 Å². The number of hydrogen-bond acceptors (Lipinski definition) is 5. The van der Waals surface area contributed by atoms with Gasteiger partial charge in [0.15, 0.2) is 5.75 Å². The van der Waals surface area contributed by atoms with E-state index in [0.717, 1.165) is 11.0 Å². The van der Waals surface area contributed by atoms with Crippen LogP contribution in [-0.4, -0.2) is 18.4 Å². The Bertz CT molecular complexity index is 1400. The molecule has 0 unspecified atom stereocenters. The molecule has 0 saturated heterocycles. The van der Waals surface area contributed by atoms with Crippen molar-refractivity contribution in [2.24, 2.45) is 0 Å². The van der Waals surface area contributed by atoms with Crippen LogP contribution >= 0.6 is 31.9 Å². The summed E-state index contributed by atoms with van der Waals surface area (Å²) in [6, 6.07) is 20.9. The van der Waals surface area contributed by atoms with Crippen molar-refractivity contribution in [2.45, 2.75) is 4.90 Å². The van der Waals surface area contributed by atoms with E-state index in [-0.39, 0.29) is 10.6 Å². The number of fused-ring (bicyclic) bond motifs is 1. The Morgan fingerprint density at radius 2 is 1.68 bits per heavy atom. The van der Waals surface area contributed by atoms with Crippen molar-refractivity contribution >= 4 is 64.7 Å². The van der Waals surface area contributed by atoms with Gasteiger partial charge in [-0.3, -0.25) is 0 Å². The number of nitrogens with one attached hydrogen (secondary N) is 1. The molecular formula is C22H13Br2N3O3S. The van der Waals surface area contributed by atoms with Crippen LogP contribution < -0.4 is 4.18 Å². The van der Waals surface area contributed by atoms with Gasteiger partial charge in [0.2, 0.25) is 0 Å². The third kappa shape index (κ3) is 4.56. The Morgan fingerprint density at radius 1 is 1.03 bits per heavy atom. The van der Waals surface area contributed by atoms with Gasteiger partial charge >= 0.3 is 10.1 Å². The molecule has 1 heterocycles. The molecule has 0 aliphatic rings. The lowest BCUT2D eigenvalue weighted by molar-refractivity contribution is 0.483. The second-order valence-corrected chi connectivity index (χ2v) is 9.69. The molecule has 1 N–H and O–H groups in total. The standard InChI is InChI=1S/C22H13Br2N3O3S/c23-17-11-14(10-15(13-25)22-26-19-8-4-5-9-20(19)27-22)12-18(24)21(17)30-31(28,29)16-6-2-1-3-7-16/h1-12H,(H,26,27)/b15-10+. The van der Waals surface area contributed by atoms with Crippen molar-refractivity contribution in [1.82, 2.24) is 9.97 Å². The van der Waals surface area contributed by atoms with Gasteiger partial charge in [-0.15, -0.1) is 0 Å². The number of rotatable bonds is 5. The molecule has 1 aromatic heterocycles. The van der Waals surface area contributed by atoms with E-state index in [4.69, 9.17) is 4.18 Å². The first-order valence-electron chi connectivity index (χ1n) is 8.93. The van der Waals surface area contributed by atoms with Crippen LogP contribution in [0.2, 0.25) is 0 Å². The SMILES string of the molecule is N#C/C(=C\c1cc(Br)c(OS(=O)(=O)c2ccccc2)c(Br)c1)c1nc2ccccc2[nH]1. The Morgan fingerprint density at radius 3 is 2.32 bits per heavy atom. The quantitative estimate of drug-likeness (QED) is 0.242. The number of imidazole rings is 1. The van der Waals surface area contributed by atoms with Crippen molar-refractivity contribution in [2.75, 3.05) is 0 Å². The molecule has 0 aliphatic carbocycles. The van der Waals surface area contributed by atoms with Crippen LogP contribution in [0, 0.1) is 11.3 Å². The lowest BCUT2D eigenvalue weighted by Crippen LogP contribution is -2.10. The maximum absolute atomic E-state index is 12.6. The Labute approximate surface area is 195 Å². The van der Waals surface area contributed by atoms with E-state index < -0.39 is 10.1 Å². The van der Waals surface area contributed by atoms with Gasteiger partial charge in [0, 0.05) is 0 Å². The predicted octanol–water partition coefficient (Wildman–Crippen LogP) is 5.92. The first kappa shape index (κ1) is 21.3. The summed E-state index contributed by atoms with van der Waals surface area (Å²) in [6.45, 7) is 0. The fourth-order valence-electron chi connectivity index (χ4n) is 2.89. The molecule has 0 spiro atoms.